The molecule has 1 atom stereocenters. The maximum Gasteiger partial charge on any atom is 0.225 e. The van der Waals surface area contributed by atoms with Crippen molar-refractivity contribution in [1.82, 2.24) is 9.88 Å². The molecule has 1 aromatic carbocycles. The Morgan fingerprint density at radius 3 is 2.57 bits per heavy atom. The van der Waals surface area contributed by atoms with Gasteiger partial charge in [-0.15, -0.1) is 0 Å². The van der Waals surface area contributed by atoms with Crippen LogP contribution in [0.2, 0.25) is 0 Å². The van der Waals surface area contributed by atoms with Crippen LogP contribution < -0.4 is 0 Å². The van der Waals surface area contributed by atoms with Crippen LogP contribution in [0.1, 0.15) is 67.0 Å². The maximum absolute atomic E-state index is 13.2. The van der Waals surface area contributed by atoms with Gasteiger partial charge >= 0.3 is 0 Å². The second kappa shape index (κ2) is 9.69. The molecular weight excluding hydrogens is 379 g/mol. The van der Waals surface area contributed by atoms with E-state index >= 15 is 0 Å². The number of amides is 1. The summed E-state index contributed by atoms with van der Waals surface area (Å²) in [5, 5.41) is 0. The Morgan fingerprint density at radius 1 is 1.10 bits per heavy atom. The second-order valence-corrected chi connectivity index (χ2v) is 8.69. The van der Waals surface area contributed by atoms with Gasteiger partial charge in [-0.25, -0.2) is 4.39 Å². The molecule has 2 aliphatic heterocycles. The van der Waals surface area contributed by atoms with Crippen LogP contribution in [0.4, 0.5) is 4.39 Å². The topological polar surface area (TPSA) is 42.4 Å². The van der Waals surface area contributed by atoms with Crippen LogP contribution in [0.5, 0.6) is 0 Å². The van der Waals surface area contributed by atoms with E-state index in [0.717, 1.165) is 68.8 Å². The van der Waals surface area contributed by atoms with E-state index < -0.39 is 0 Å². The lowest BCUT2D eigenvalue weighted by molar-refractivity contribution is -0.136. The predicted molar refractivity (Wildman–Crippen MR) is 115 cm³/mol. The molecule has 0 unspecified atom stereocenters. The van der Waals surface area contributed by atoms with E-state index in [9.17, 15) is 9.18 Å². The fourth-order valence-corrected chi connectivity index (χ4v) is 4.63. The summed E-state index contributed by atoms with van der Waals surface area (Å²) in [7, 11) is 0. The monoisotopic (exact) mass is 410 g/mol. The Morgan fingerprint density at radius 2 is 1.87 bits per heavy atom. The molecule has 2 aromatic rings. The van der Waals surface area contributed by atoms with Gasteiger partial charge in [-0.05, 0) is 80.8 Å². The summed E-state index contributed by atoms with van der Waals surface area (Å²) in [5.41, 5.74) is 4.43. The maximum atomic E-state index is 13.2. The molecule has 30 heavy (non-hydrogen) atoms. The zero-order valence-electron chi connectivity index (χ0n) is 17.8. The lowest BCUT2D eigenvalue weighted by atomic mass is 9.91. The minimum atomic E-state index is -0.207. The number of piperidine rings is 1. The van der Waals surface area contributed by atoms with Gasteiger partial charge in [0.15, 0.2) is 0 Å². The molecule has 4 rings (SSSR count). The first-order valence-corrected chi connectivity index (χ1v) is 11.2. The molecule has 160 valence electrons. The summed E-state index contributed by atoms with van der Waals surface area (Å²) in [4.78, 5) is 19.4. The number of carbonyl (C=O) groups is 1. The fourth-order valence-electron chi connectivity index (χ4n) is 4.63. The van der Waals surface area contributed by atoms with Crippen LogP contribution in [0.15, 0.2) is 36.4 Å². The summed E-state index contributed by atoms with van der Waals surface area (Å²) in [5.74, 6) is 0.406. The third kappa shape index (κ3) is 5.45. The van der Waals surface area contributed by atoms with Gasteiger partial charge < -0.3 is 9.64 Å². The zero-order chi connectivity index (χ0) is 20.9. The first kappa shape index (κ1) is 21.0. The Bertz CT molecular complexity index is 854. The van der Waals surface area contributed by atoms with E-state index in [0.29, 0.717) is 12.3 Å². The van der Waals surface area contributed by atoms with Crippen LogP contribution in [-0.4, -0.2) is 41.6 Å². The summed E-state index contributed by atoms with van der Waals surface area (Å²) < 4.78 is 18.9. The fraction of sp³-hybridized carbons (Fsp3) is 0.520. The number of aromatic nitrogens is 1. The minimum absolute atomic E-state index is 0.108. The molecule has 0 radical (unpaired) electrons. The van der Waals surface area contributed by atoms with Gasteiger partial charge in [0, 0.05) is 37.0 Å². The third-order valence-corrected chi connectivity index (χ3v) is 6.30. The average molecular weight is 411 g/mol. The van der Waals surface area contributed by atoms with Gasteiger partial charge in [-0.1, -0.05) is 12.1 Å². The molecular formula is C25H31FN2O2. The van der Waals surface area contributed by atoms with E-state index in [1.54, 1.807) is 0 Å². The number of likely N-dealkylation sites (tertiary alicyclic amines) is 1. The third-order valence-electron chi connectivity index (χ3n) is 6.30. The molecule has 5 heteroatoms. The number of halogens is 1. The molecule has 0 bridgehead atoms. The van der Waals surface area contributed by atoms with Crippen LogP contribution in [0.25, 0.3) is 0 Å². The minimum Gasteiger partial charge on any atom is -0.378 e. The number of benzene rings is 1. The molecule has 0 spiro atoms. The number of carbonyl (C=O) groups excluding carboxylic acids is 1. The van der Waals surface area contributed by atoms with Gasteiger partial charge in [-0.2, -0.15) is 0 Å². The Hall–Kier alpha value is -2.27. The quantitative estimate of drug-likeness (QED) is 0.712. The van der Waals surface area contributed by atoms with Gasteiger partial charge in [0.25, 0.3) is 0 Å². The van der Waals surface area contributed by atoms with Gasteiger partial charge in [-0.3, -0.25) is 9.78 Å². The molecule has 1 amide bonds. The van der Waals surface area contributed by atoms with Crippen molar-refractivity contribution in [3.8, 4) is 0 Å². The number of hydrogen-bond acceptors (Lipinski definition) is 3. The number of pyridine rings is 1. The highest BCUT2D eigenvalue weighted by atomic mass is 19.1. The summed E-state index contributed by atoms with van der Waals surface area (Å²) in [6.45, 7) is 4.40. The molecule has 0 saturated carbocycles. The Kier molecular flexibility index (Phi) is 6.78. The van der Waals surface area contributed by atoms with E-state index in [2.05, 4.69) is 12.1 Å². The normalized spacial score (nSPS) is 20.3. The van der Waals surface area contributed by atoms with Crippen molar-refractivity contribution < 1.29 is 13.9 Å². The van der Waals surface area contributed by atoms with Crippen molar-refractivity contribution >= 4 is 5.91 Å². The SMILES string of the molecule is Cc1cc(Cc2ccc(F)cc2)cc(C2CCN(C(=O)C[C@H]3CCCCO3)CC2)n1. The highest BCUT2D eigenvalue weighted by Gasteiger charge is 2.27. The number of rotatable bonds is 5. The zero-order valence-corrected chi connectivity index (χ0v) is 17.8. The number of nitrogens with zero attached hydrogens (tertiary/aromatic N) is 2. The molecule has 2 saturated heterocycles. The largest absolute Gasteiger partial charge is 0.378 e. The van der Waals surface area contributed by atoms with E-state index in [1.807, 2.05) is 24.0 Å². The highest BCUT2D eigenvalue weighted by Crippen LogP contribution is 2.29. The number of aryl methyl sites for hydroxylation is 1. The Balaban J connectivity index is 1.35. The highest BCUT2D eigenvalue weighted by molar-refractivity contribution is 5.76. The van der Waals surface area contributed by atoms with Gasteiger partial charge in [0.05, 0.1) is 12.5 Å². The molecule has 0 N–H and O–H groups in total. The van der Waals surface area contributed by atoms with Crippen molar-refractivity contribution in [1.29, 1.82) is 0 Å². The lowest BCUT2D eigenvalue weighted by Gasteiger charge is -2.33. The molecule has 0 aliphatic carbocycles. The van der Waals surface area contributed by atoms with Crippen LogP contribution in [0, 0.1) is 12.7 Å². The van der Waals surface area contributed by atoms with Crippen molar-refractivity contribution in [2.75, 3.05) is 19.7 Å². The first-order valence-electron chi connectivity index (χ1n) is 11.2. The average Bonchev–Trinajstić information content (AvgIpc) is 2.76. The number of ether oxygens (including phenoxy) is 1. The van der Waals surface area contributed by atoms with E-state index in [4.69, 9.17) is 9.72 Å². The van der Waals surface area contributed by atoms with E-state index in [1.165, 1.54) is 24.1 Å². The molecule has 2 fully saturated rings. The summed E-state index contributed by atoms with van der Waals surface area (Å²) in [6.07, 6.45) is 6.59. The van der Waals surface area contributed by atoms with Crippen molar-refractivity contribution in [2.24, 2.45) is 0 Å². The van der Waals surface area contributed by atoms with Crippen LogP contribution >= 0.6 is 0 Å². The van der Waals surface area contributed by atoms with Crippen molar-refractivity contribution in [3.63, 3.8) is 0 Å². The van der Waals surface area contributed by atoms with Crippen molar-refractivity contribution in [3.05, 3.63) is 64.7 Å². The second-order valence-electron chi connectivity index (χ2n) is 8.69. The standard InChI is InChI=1S/C25H31FN2O2/c1-18-14-20(15-19-5-7-22(26)8-6-19)16-24(27-18)21-9-11-28(12-10-21)25(29)17-23-4-2-3-13-30-23/h5-8,14,16,21,23H,2-4,9-13,15,17H2,1H3/t23-/m1/s1. The van der Waals surface area contributed by atoms with E-state index in [-0.39, 0.29) is 17.8 Å². The summed E-state index contributed by atoms with van der Waals surface area (Å²) in [6, 6.07) is 11.0. The lowest BCUT2D eigenvalue weighted by Crippen LogP contribution is -2.40. The molecule has 2 aliphatic rings. The van der Waals surface area contributed by atoms with Gasteiger partial charge in [0.1, 0.15) is 5.82 Å². The number of hydrogen-bond donors (Lipinski definition) is 0. The van der Waals surface area contributed by atoms with Crippen LogP contribution in [-0.2, 0) is 16.0 Å². The smallest absolute Gasteiger partial charge is 0.225 e. The summed E-state index contributed by atoms with van der Waals surface area (Å²) >= 11 is 0. The molecule has 1 aromatic heterocycles. The first-order chi connectivity index (χ1) is 14.6. The van der Waals surface area contributed by atoms with Crippen molar-refractivity contribution in [2.45, 2.75) is 63.9 Å². The van der Waals surface area contributed by atoms with Crippen LogP contribution in [0.3, 0.4) is 0 Å². The predicted octanol–water partition coefficient (Wildman–Crippen LogP) is 4.79. The molecule has 4 nitrogen and oxygen atoms in total. The Labute approximate surface area is 178 Å². The molecule has 3 heterocycles. The van der Waals surface area contributed by atoms with Gasteiger partial charge in [0.2, 0.25) is 5.91 Å².